The fourth-order valence-electron chi connectivity index (χ4n) is 1.99. The van der Waals surface area contributed by atoms with Gasteiger partial charge < -0.3 is 15.8 Å². The summed E-state index contributed by atoms with van der Waals surface area (Å²) in [4.78, 5) is 0. The highest BCUT2D eigenvalue weighted by atomic mass is 16.5. The molecule has 0 bridgehead atoms. The first-order valence-electron chi connectivity index (χ1n) is 5.91. The van der Waals surface area contributed by atoms with Crippen molar-refractivity contribution >= 4 is 11.4 Å². The maximum atomic E-state index is 8.88. The topological polar surface area (TPSA) is 71.1 Å². The molecule has 1 saturated heterocycles. The molecule has 0 spiro atoms. The van der Waals surface area contributed by atoms with Crippen LogP contribution in [0.3, 0.4) is 0 Å². The number of benzene rings is 1. The largest absolute Gasteiger partial charge is 0.398 e. The van der Waals surface area contributed by atoms with E-state index in [9.17, 15) is 0 Å². The number of hydrogen-bond donors (Lipinski definition) is 2. The highest BCUT2D eigenvalue weighted by Crippen LogP contribution is 2.19. The molecule has 4 heteroatoms. The summed E-state index contributed by atoms with van der Waals surface area (Å²) < 4.78 is 5.42. The summed E-state index contributed by atoms with van der Waals surface area (Å²) in [6, 6.07) is 7.54. The van der Waals surface area contributed by atoms with Crippen molar-refractivity contribution in [1.29, 1.82) is 5.26 Å². The van der Waals surface area contributed by atoms with E-state index in [0.717, 1.165) is 31.9 Å². The molecule has 1 unspecified atom stereocenters. The molecule has 0 aliphatic carbocycles. The Labute approximate surface area is 101 Å². The molecule has 0 aromatic heterocycles. The van der Waals surface area contributed by atoms with Gasteiger partial charge in [0.05, 0.1) is 12.2 Å². The van der Waals surface area contributed by atoms with E-state index < -0.39 is 0 Å². The minimum Gasteiger partial charge on any atom is -0.398 e. The number of nitrogen functional groups attached to an aromatic ring is 1. The Bertz CT molecular complexity index is 419. The van der Waals surface area contributed by atoms with Crippen molar-refractivity contribution in [3.05, 3.63) is 23.8 Å². The van der Waals surface area contributed by atoms with E-state index in [0.29, 0.717) is 17.2 Å². The second kappa shape index (κ2) is 5.55. The van der Waals surface area contributed by atoms with Crippen molar-refractivity contribution in [3.8, 4) is 6.07 Å². The van der Waals surface area contributed by atoms with E-state index in [1.807, 2.05) is 6.07 Å². The molecule has 4 nitrogen and oxygen atoms in total. The number of anilines is 2. The first-order valence-corrected chi connectivity index (χ1v) is 5.91. The molecule has 1 aliphatic rings. The Balaban J connectivity index is 1.92. The van der Waals surface area contributed by atoms with Gasteiger partial charge in [-0.1, -0.05) is 0 Å². The van der Waals surface area contributed by atoms with Gasteiger partial charge in [-0.15, -0.1) is 0 Å². The van der Waals surface area contributed by atoms with Crippen LogP contribution in [-0.4, -0.2) is 19.8 Å². The molecule has 90 valence electrons. The van der Waals surface area contributed by atoms with Gasteiger partial charge in [-0.2, -0.15) is 5.26 Å². The summed E-state index contributed by atoms with van der Waals surface area (Å²) in [5, 5.41) is 12.2. The summed E-state index contributed by atoms with van der Waals surface area (Å²) in [5.41, 5.74) is 7.66. The normalized spacial score (nSPS) is 19.6. The molecular formula is C13H17N3O. The van der Waals surface area contributed by atoms with Crippen molar-refractivity contribution in [1.82, 2.24) is 0 Å². The molecule has 17 heavy (non-hydrogen) atoms. The fraction of sp³-hybridized carbons (Fsp3) is 0.462. The number of rotatable bonds is 3. The van der Waals surface area contributed by atoms with Crippen LogP contribution in [0.25, 0.3) is 0 Å². The predicted molar refractivity (Wildman–Crippen MR) is 67.6 cm³/mol. The van der Waals surface area contributed by atoms with E-state index in [1.165, 1.54) is 6.42 Å². The third-order valence-corrected chi connectivity index (χ3v) is 3.02. The maximum absolute atomic E-state index is 8.88. The lowest BCUT2D eigenvalue weighted by Gasteiger charge is -2.22. The zero-order valence-corrected chi connectivity index (χ0v) is 9.78. The Kier molecular flexibility index (Phi) is 3.84. The van der Waals surface area contributed by atoms with Gasteiger partial charge in [0.1, 0.15) is 6.07 Å². The molecule has 1 aromatic carbocycles. The van der Waals surface area contributed by atoms with E-state index in [-0.39, 0.29) is 0 Å². The van der Waals surface area contributed by atoms with Crippen LogP contribution < -0.4 is 11.1 Å². The zero-order valence-electron chi connectivity index (χ0n) is 9.78. The highest BCUT2D eigenvalue weighted by Gasteiger charge is 2.13. The molecule has 0 radical (unpaired) electrons. The second-order valence-electron chi connectivity index (χ2n) is 4.38. The molecular weight excluding hydrogens is 214 g/mol. The standard InChI is InChI=1S/C13H17N3O/c14-7-11-6-12(3-4-13(11)15)16-8-10-2-1-5-17-9-10/h3-4,6,10,16H,1-2,5,8-9,15H2. The van der Waals surface area contributed by atoms with Crippen molar-refractivity contribution in [3.63, 3.8) is 0 Å². The molecule has 1 aromatic rings. The number of nitrogens with one attached hydrogen (secondary N) is 1. The molecule has 1 atom stereocenters. The highest BCUT2D eigenvalue weighted by molar-refractivity contribution is 5.61. The van der Waals surface area contributed by atoms with Gasteiger partial charge in [-0.25, -0.2) is 0 Å². The lowest BCUT2D eigenvalue weighted by atomic mass is 10.0. The molecule has 2 rings (SSSR count). The minimum atomic E-state index is 0.523. The minimum absolute atomic E-state index is 0.523. The van der Waals surface area contributed by atoms with E-state index >= 15 is 0 Å². The fourth-order valence-corrected chi connectivity index (χ4v) is 1.99. The summed E-state index contributed by atoms with van der Waals surface area (Å²) in [6.45, 7) is 2.60. The SMILES string of the molecule is N#Cc1cc(NCC2CCCOC2)ccc1N. The van der Waals surface area contributed by atoms with Crippen LogP contribution in [0.4, 0.5) is 11.4 Å². The molecule has 0 amide bonds. The van der Waals surface area contributed by atoms with E-state index in [1.54, 1.807) is 12.1 Å². The van der Waals surface area contributed by atoms with Crippen LogP contribution in [0.15, 0.2) is 18.2 Å². The quantitative estimate of drug-likeness (QED) is 0.780. The van der Waals surface area contributed by atoms with Gasteiger partial charge in [0.15, 0.2) is 0 Å². The average Bonchev–Trinajstić information content (AvgIpc) is 2.39. The number of nitriles is 1. The average molecular weight is 231 g/mol. The smallest absolute Gasteiger partial charge is 0.101 e. The van der Waals surface area contributed by atoms with Crippen LogP contribution in [0.2, 0.25) is 0 Å². The van der Waals surface area contributed by atoms with E-state index in [4.69, 9.17) is 15.7 Å². The Morgan fingerprint density at radius 1 is 1.53 bits per heavy atom. The number of ether oxygens (including phenoxy) is 1. The lowest BCUT2D eigenvalue weighted by molar-refractivity contribution is 0.0595. The van der Waals surface area contributed by atoms with Gasteiger partial charge >= 0.3 is 0 Å². The summed E-state index contributed by atoms with van der Waals surface area (Å²) >= 11 is 0. The van der Waals surface area contributed by atoms with Crippen LogP contribution in [-0.2, 0) is 4.74 Å². The van der Waals surface area contributed by atoms with Gasteiger partial charge in [-0.05, 0) is 37.0 Å². The molecule has 3 N–H and O–H groups in total. The zero-order chi connectivity index (χ0) is 12.1. The van der Waals surface area contributed by atoms with Gasteiger partial charge in [0, 0.05) is 24.5 Å². The van der Waals surface area contributed by atoms with Gasteiger partial charge in [0.2, 0.25) is 0 Å². The first-order chi connectivity index (χ1) is 8.29. The van der Waals surface area contributed by atoms with E-state index in [2.05, 4.69) is 11.4 Å². The summed E-state index contributed by atoms with van der Waals surface area (Å²) in [6.07, 6.45) is 2.34. The summed E-state index contributed by atoms with van der Waals surface area (Å²) in [7, 11) is 0. The van der Waals surface area contributed by atoms with Crippen molar-refractivity contribution in [2.24, 2.45) is 5.92 Å². The molecule has 1 aliphatic heterocycles. The Hall–Kier alpha value is -1.73. The molecule has 0 saturated carbocycles. The van der Waals surface area contributed by atoms with Crippen molar-refractivity contribution in [2.75, 3.05) is 30.8 Å². The number of nitrogens with zero attached hydrogens (tertiary/aromatic N) is 1. The molecule has 1 fully saturated rings. The predicted octanol–water partition coefficient (Wildman–Crippen LogP) is 1.98. The monoisotopic (exact) mass is 231 g/mol. The second-order valence-corrected chi connectivity index (χ2v) is 4.38. The third-order valence-electron chi connectivity index (χ3n) is 3.02. The van der Waals surface area contributed by atoms with Gasteiger partial charge in [0.25, 0.3) is 0 Å². The van der Waals surface area contributed by atoms with Crippen molar-refractivity contribution < 1.29 is 4.74 Å². The van der Waals surface area contributed by atoms with Crippen LogP contribution in [0, 0.1) is 17.2 Å². The maximum Gasteiger partial charge on any atom is 0.101 e. The Morgan fingerprint density at radius 2 is 2.41 bits per heavy atom. The van der Waals surface area contributed by atoms with Crippen molar-refractivity contribution in [2.45, 2.75) is 12.8 Å². The first kappa shape index (κ1) is 11.7. The van der Waals surface area contributed by atoms with Crippen LogP contribution >= 0.6 is 0 Å². The lowest BCUT2D eigenvalue weighted by Crippen LogP contribution is -2.24. The number of hydrogen-bond acceptors (Lipinski definition) is 4. The Morgan fingerprint density at radius 3 is 3.12 bits per heavy atom. The summed E-state index contributed by atoms with van der Waals surface area (Å²) in [5.74, 6) is 0.562. The van der Waals surface area contributed by atoms with Crippen LogP contribution in [0.5, 0.6) is 0 Å². The molecule has 1 heterocycles. The van der Waals surface area contributed by atoms with Gasteiger partial charge in [-0.3, -0.25) is 0 Å². The van der Waals surface area contributed by atoms with Crippen LogP contribution in [0.1, 0.15) is 18.4 Å². The third kappa shape index (κ3) is 3.11. The number of nitrogens with two attached hydrogens (primary N) is 1.